The van der Waals surface area contributed by atoms with Crippen molar-refractivity contribution in [2.24, 2.45) is 0 Å². The van der Waals surface area contributed by atoms with Gasteiger partial charge in [0.2, 0.25) is 15.9 Å². The predicted molar refractivity (Wildman–Crippen MR) is 84.8 cm³/mol. The first-order valence-corrected chi connectivity index (χ1v) is 8.24. The van der Waals surface area contributed by atoms with Crippen LogP contribution in [0.1, 0.15) is 0 Å². The molecule has 1 N–H and O–H groups in total. The summed E-state index contributed by atoms with van der Waals surface area (Å²) in [4.78, 5) is 12.0. The van der Waals surface area contributed by atoms with Crippen LogP contribution in [0.5, 0.6) is 11.5 Å². The highest BCUT2D eigenvalue weighted by molar-refractivity contribution is 7.88. The molecule has 0 fully saturated rings. The molecule has 0 aliphatic heterocycles. The lowest BCUT2D eigenvalue weighted by Gasteiger charge is -2.17. The molecule has 7 nitrogen and oxygen atoms in total. The topological polar surface area (TPSA) is 84.9 Å². The monoisotopic (exact) mass is 328 g/mol. The largest absolute Gasteiger partial charge is 0.493 e. The number of rotatable bonds is 8. The van der Waals surface area contributed by atoms with Gasteiger partial charge in [0.05, 0.1) is 27.0 Å². The van der Waals surface area contributed by atoms with Gasteiger partial charge < -0.3 is 14.8 Å². The van der Waals surface area contributed by atoms with E-state index in [2.05, 4.69) is 11.9 Å². The fraction of sp³-hybridized carbons (Fsp3) is 0.357. The van der Waals surface area contributed by atoms with Crippen LogP contribution in [0.4, 0.5) is 5.69 Å². The number of hydrogen-bond acceptors (Lipinski definition) is 5. The van der Waals surface area contributed by atoms with Crippen LogP contribution < -0.4 is 14.8 Å². The van der Waals surface area contributed by atoms with Gasteiger partial charge >= 0.3 is 0 Å². The third kappa shape index (κ3) is 5.05. The van der Waals surface area contributed by atoms with Gasteiger partial charge in [-0.2, -0.15) is 4.31 Å². The van der Waals surface area contributed by atoms with Gasteiger partial charge in [-0.1, -0.05) is 6.08 Å². The van der Waals surface area contributed by atoms with E-state index in [1.807, 2.05) is 0 Å². The van der Waals surface area contributed by atoms with E-state index < -0.39 is 15.9 Å². The van der Waals surface area contributed by atoms with Crippen molar-refractivity contribution in [3.8, 4) is 11.5 Å². The molecule has 122 valence electrons. The number of benzene rings is 1. The fourth-order valence-electron chi connectivity index (χ4n) is 1.74. The second-order valence-electron chi connectivity index (χ2n) is 4.46. The Balaban J connectivity index is 2.82. The van der Waals surface area contributed by atoms with Crippen molar-refractivity contribution in [1.82, 2.24) is 4.31 Å². The molecule has 1 amide bonds. The van der Waals surface area contributed by atoms with E-state index in [4.69, 9.17) is 9.47 Å². The maximum absolute atomic E-state index is 12.0. The van der Waals surface area contributed by atoms with Crippen LogP contribution >= 0.6 is 0 Å². The molecule has 0 aliphatic carbocycles. The van der Waals surface area contributed by atoms with Gasteiger partial charge in [-0.05, 0) is 12.1 Å². The van der Waals surface area contributed by atoms with Gasteiger partial charge in [0.15, 0.2) is 11.5 Å². The van der Waals surface area contributed by atoms with Crippen molar-refractivity contribution in [3.05, 3.63) is 30.9 Å². The molecule has 0 bridgehead atoms. The minimum Gasteiger partial charge on any atom is -0.493 e. The lowest BCUT2D eigenvalue weighted by Crippen LogP contribution is -2.37. The highest BCUT2D eigenvalue weighted by Crippen LogP contribution is 2.29. The SMILES string of the molecule is C=CCN(CC(=O)Nc1ccc(OC)c(OC)c1)S(C)(=O)=O. The molecule has 0 radical (unpaired) electrons. The summed E-state index contributed by atoms with van der Waals surface area (Å²) in [6.45, 7) is 3.25. The first kappa shape index (κ1) is 18.0. The fourth-order valence-corrected chi connectivity index (χ4v) is 2.46. The molecule has 0 saturated carbocycles. The second-order valence-corrected chi connectivity index (χ2v) is 6.44. The number of nitrogens with one attached hydrogen (secondary N) is 1. The van der Waals surface area contributed by atoms with Gasteiger partial charge in [-0.3, -0.25) is 4.79 Å². The quantitative estimate of drug-likeness (QED) is 0.722. The molecular weight excluding hydrogens is 308 g/mol. The molecule has 1 aromatic carbocycles. The zero-order valence-corrected chi connectivity index (χ0v) is 13.6. The molecule has 0 aromatic heterocycles. The van der Waals surface area contributed by atoms with Gasteiger partial charge in [-0.25, -0.2) is 8.42 Å². The molecule has 0 heterocycles. The minimum absolute atomic E-state index is 0.0676. The standard InChI is InChI=1S/C14H20N2O5S/c1-5-8-16(22(4,18)19)10-14(17)15-11-6-7-12(20-2)13(9-11)21-3/h5-7,9H,1,8,10H2,2-4H3,(H,15,17). The maximum Gasteiger partial charge on any atom is 0.239 e. The first-order chi connectivity index (χ1) is 10.3. The van der Waals surface area contributed by atoms with Crippen LogP contribution in [0.3, 0.4) is 0 Å². The van der Waals surface area contributed by atoms with Gasteiger partial charge in [0.1, 0.15) is 0 Å². The second kappa shape index (κ2) is 7.81. The van der Waals surface area contributed by atoms with Crippen LogP contribution in [0.15, 0.2) is 30.9 Å². The van der Waals surface area contributed by atoms with E-state index in [1.165, 1.54) is 20.3 Å². The van der Waals surface area contributed by atoms with Crippen molar-refractivity contribution in [2.45, 2.75) is 0 Å². The summed E-state index contributed by atoms with van der Waals surface area (Å²) in [6, 6.07) is 4.87. The predicted octanol–water partition coefficient (Wildman–Crippen LogP) is 1.09. The molecule has 0 aliphatic rings. The van der Waals surface area contributed by atoms with Gasteiger partial charge in [0, 0.05) is 18.3 Å². The summed E-state index contributed by atoms with van der Waals surface area (Å²) in [5.74, 6) is 0.538. The van der Waals surface area contributed by atoms with Crippen LogP contribution in [-0.4, -0.2) is 52.2 Å². The Morgan fingerprint density at radius 2 is 1.95 bits per heavy atom. The molecule has 1 rings (SSSR count). The molecule has 8 heteroatoms. The zero-order chi connectivity index (χ0) is 16.8. The third-order valence-electron chi connectivity index (χ3n) is 2.79. The average Bonchev–Trinajstić information content (AvgIpc) is 2.45. The molecule has 0 spiro atoms. The lowest BCUT2D eigenvalue weighted by atomic mass is 10.2. The summed E-state index contributed by atoms with van der Waals surface area (Å²) in [6.07, 6.45) is 2.46. The van der Waals surface area contributed by atoms with Crippen LogP contribution in [0, 0.1) is 0 Å². The summed E-state index contributed by atoms with van der Waals surface area (Å²) in [7, 11) is -0.487. The Morgan fingerprint density at radius 1 is 1.32 bits per heavy atom. The van der Waals surface area contributed by atoms with Gasteiger partial charge in [0.25, 0.3) is 0 Å². The molecule has 1 aromatic rings. The van der Waals surface area contributed by atoms with Crippen LogP contribution in [0.2, 0.25) is 0 Å². The molecule has 22 heavy (non-hydrogen) atoms. The van der Waals surface area contributed by atoms with Crippen molar-refractivity contribution < 1.29 is 22.7 Å². The van der Waals surface area contributed by atoms with Crippen molar-refractivity contribution >= 4 is 21.6 Å². The number of methoxy groups -OCH3 is 2. The Bertz CT molecular complexity index is 643. The summed E-state index contributed by atoms with van der Waals surface area (Å²) < 4.78 is 34.4. The van der Waals surface area contributed by atoms with E-state index >= 15 is 0 Å². The summed E-state index contributed by atoms with van der Waals surface area (Å²) >= 11 is 0. The van der Waals surface area contributed by atoms with E-state index in [1.54, 1.807) is 18.2 Å². The number of amides is 1. The smallest absolute Gasteiger partial charge is 0.239 e. The molecule has 0 unspecified atom stereocenters. The summed E-state index contributed by atoms with van der Waals surface area (Å²) in [5, 5.41) is 2.61. The van der Waals surface area contributed by atoms with Crippen LogP contribution in [0.25, 0.3) is 0 Å². The van der Waals surface area contributed by atoms with Crippen molar-refractivity contribution in [2.75, 3.05) is 38.9 Å². The minimum atomic E-state index is -3.48. The van der Waals surface area contributed by atoms with Crippen molar-refractivity contribution in [1.29, 1.82) is 0 Å². The number of nitrogens with zero attached hydrogens (tertiary/aromatic N) is 1. The molecule has 0 saturated heterocycles. The summed E-state index contributed by atoms with van der Waals surface area (Å²) in [5.41, 5.74) is 0.481. The number of ether oxygens (including phenoxy) is 2. The van der Waals surface area contributed by atoms with Crippen molar-refractivity contribution in [3.63, 3.8) is 0 Å². The van der Waals surface area contributed by atoms with E-state index in [0.717, 1.165) is 10.6 Å². The Morgan fingerprint density at radius 3 is 2.45 bits per heavy atom. The number of sulfonamides is 1. The first-order valence-electron chi connectivity index (χ1n) is 6.39. The molecule has 0 atom stereocenters. The van der Waals surface area contributed by atoms with Gasteiger partial charge in [-0.15, -0.1) is 6.58 Å². The number of anilines is 1. The highest BCUT2D eigenvalue weighted by Gasteiger charge is 2.19. The lowest BCUT2D eigenvalue weighted by molar-refractivity contribution is -0.116. The third-order valence-corrected chi connectivity index (χ3v) is 4.01. The maximum atomic E-state index is 12.0. The number of hydrogen-bond donors (Lipinski definition) is 1. The highest BCUT2D eigenvalue weighted by atomic mass is 32.2. The zero-order valence-electron chi connectivity index (χ0n) is 12.8. The Labute approximate surface area is 130 Å². The van der Waals surface area contributed by atoms with E-state index in [0.29, 0.717) is 17.2 Å². The van der Waals surface area contributed by atoms with Crippen LogP contribution in [-0.2, 0) is 14.8 Å². The Hall–Kier alpha value is -2.06. The normalized spacial score (nSPS) is 11.1. The number of carbonyl (C=O) groups is 1. The van der Waals surface area contributed by atoms with E-state index in [9.17, 15) is 13.2 Å². The average molecular weight is 328 g/mol. The Kier molecular flexibility index (Phi) is 6.39. The van der Waals surface area contributed by atoms with E-state index in [-0.39, 0.29) is 13.1 Å². The number of carbonyl (C=O) groups excluding carboxylic acids is 1. The molecular formula is C14H20N2O5S.